The van der Waals surface area contributed by atoms with Crippen LogP contribution >= 0.6 is 0 Å². The van der Waals surface area contributed by atoms with Crippen LogP contribution in [-0.4, -0.2) is 24.3 Å². The second-order valence-corrected chi connectivity index (χ2v) is 2.76. The van der Waals surface area contributed by atoms with Gasteiger partial charge < -0.3 is 9.84 Å². The van der Waals surface area contributed by atoms with E-state index in [1.165, 1.54) is 0 Å². The third-order valence-corrected chi connectivity index (χ3v) is 1.69. The number of carbonyl (C=O) groups is 1. The maximum atomic E-state index is 11.4. The van der Waals surface area contributed by atoms with E-state index in [0.717, 1.165) is 0 Å². The van der Waals surface area contributed by atoms with Crippen molar-refractivity contribution in [3.63, 3.8) is 0 Å². The largest absolute Gasteiger partial charge is 0.462 e. The number of aliphatic hydroxyl groups is 1. The molecule has 0 heterocycles. The van der Waals surface area contributed by atoms with Crippen LogP contribution in [0.2, 0.25) is 0 Å². The fraction of sp³-hybridized carbons (Fsp3) is 0.250. The van der Waals surface area contributed by atoms with Crippen LogP contribution in [0, 0.1) is 11.8 Å². The summed E-state index contributed by atoms with van der Waals surface area (Å²) in [7, 11) is 0. The van der Waals surface area contributed by atoms with Crippen molar-refractivity contribution < 1.29 is 14.6 Å². The van der Waals surface area contributed by atoms with Crippen molar-refractivity contribution in [1.82, 2.24) is 0 Å². The number of ether oxygens (including phenoxy) is 1. The number of rotatable bonds is 2. The lowest BCUT2D eigenvalue weighted by Crippen LogP contribution is -2.04. The third-order valence-electron chi connectivity index (χ3n) is 1.69. The zero-order valence-electron chi connectivity index (χ0n) is 8.49. The average Bonchev–Trinajstić information content (AvgIpc) is 2.27. The summed E-state index contributed by atoms with van der Waals surface area (Å²) in [5.41, 5.74) is 1.16. The van der Waals surface area contributed by atoms with Crippen molar-refractivity contribution in [2.45, 2.75) is 6.92 Å². The van der Waals surface area contributed by atoms with Gasteiger partial charge in [0.2, 0.25) is 0 Å². The van der Waals surface area contributed by atoms with Crippen LogP contribution in [0.4, 0.5) is 0 Å². The molecule has 15 heavy (non-hydrogen) atoms. The molecule has 1 rings (SSSR count). The predicted octanol–water partition coefficient (Wildman–Crippen LogP) is 1.21. The van der Waals surface area contributed by atoms with Crippen molar-refractivity contribution in [2.24, 2.45) is 0 Å². The van der Waals surface area contributed by atoms with Gasteiger partial charge in [0.1, 0.15) is 6.61 Å². The number of carbonyl (C=O) groups excluding carboxylic acids is 1. The van der Waals surface area contributed by atoms with Gasteiger partial charge in [-0.15, -0.1) is 0 Å². The topological polar surface area (TPSA) is 46.5 Å². The first-order chi connectivity index (χ1) is 7.27. The molecule has 78 valence electrons. The molecule has 1 aromatic carbocycles. The van der Waals surface area contributed by atoms with Crippen LogP contribution in [0.15, 0.2) is 24.3 Å². The molecule has 0 amide bonds. The molecule has 1 N–H and O–H groups in total. The molecule has 0 aliphatic heterocycles. The Kier molecular flexibility index (Phi) is 4.39. The lowest BCUT2D eigenvalue weighted by atomic mass is 10.1. The molecule has 0 saturated heterocycles. The molecule has 0 spiro atoms. The molecule has 0 aliphatic carbocycles. The molecule has 0 radical (unpaired) electrons. The number of hydrogen-bond donors (Lipinski definition) is 1. The first-order valence-corrected chi connectivity index (χ1v) is 4.65. The highest BCUT2D eigenvalue weighted by Gasteiger charge is 2.05. The number of hydrogen-bond acceptors (Lipinski definition) is 3. The van der Waals surface area contributed by atoms with Crippen LogP contribution in [0.5, 0.6) is 0 Å². The van der Waals surface area contributed by atoms with Gasteiger partial charge in [0.05, 0.1) is 12.2 Å². The first kappa shape index (κ1) is 11.3. The number of benzene rings is 1. The summed E-state index contributed by atoms with van der Waals surface area (Å²) in [5, 5.41) is 8.53. The second-order valence-electron chi connectivity index (χ2n) is 2.76. The van der Waals surface area contributed by atoms with E-state index >= 15 is 0 Å². The molecule has 0 unspecified atom stereocenters. The summed E-state index contributed by atoms with van der Waals surface area (Å²) >= 11 is 0. The van der Waals surface area contributed by atoms with Gasteiger partial charge in [0, 0.05) is 5.56 Å². The Morgan fingerprint density at radius 3 is 3.00 bits per heavy atom. The van der Waals surface area contributed by atoms with Gasteiger partial charge in [0.25, 0.3) is 0 Å². The Hall–Kier alpha value is -1.79. The van der Waals surface area contributed by atoms with Gasteiger partial charge in [-0.05, 0) is 25.1 Å². The third kappa shape index (κ3) is 3.45. The predicted molar refractivity (Wildman–Crippen MR) is 56.4 cm³/mol. The Labute approximate surface area is 88.7 Å². The quantitative estimate of drug-likeness (QED) is 0.581. The molecule has 3 heteroatoms. The van der Waals surface area contributed by atoms with Gasteiger partial charge in [-0.2, -0.15) is 0 Å². The minimum absolute atomic E-state index is 0.191. The van der Waals surface area contributed by atoms with E-state index < -0.39 is 0 Å². The molecular formula is C12H12O3. The van der Waals surface area contributed by atoms with Crippen molar-refractivity contribution in [3.05, 3.63) is 35.4 Å². The Morgan fingerprint density at radius 2 is 2.33 bits per heavy atom. The van der Waals surface area contributed by atoms with Gasteiger partial charge in [-0.1, -0.05) is 17.9 Å². The monoisotopic (exact) mass is 204 g/mol. The fourth-order valence-electron chi connectivity index (χ4n) is 1.08. The van der Waals surface area contributed by atoms with E-state index in [4.69, 9.17) is 9.84 Å². The molecule has 0 atom stereocenters. The summed E-state index contributed by atoms with van der Waals surface area (Å²) in [6, 6.07) is 6.81. The second kappa shape index (κ2) is 5.84. The maximum absolute atomic E-state index is 11.4. The lowest BCUT2D eigenvalue weighted by Gasteiger charge is -2.01. The van der Waals surface area contributed by atoms with Crippen molar-refractivity contribution in [3.8, 4) is 11.8 Å². The minimum atomic E-state index is -0.356. The van der Waals surface area contributed by atoms with Crippen LogP contribution in [0.1, 0.15) is 22.8 Å². The summed E-state index contributed by atoms with van der Waals surface area (Å²) in [5.74, 6) is 4.88. The summed E-state index contributed by atoms with van der Waals surface area (Å²) in [6.45, 7) is 1.92. The molecule has 1 aromatic rings. The highest BCUT2D eigenvalue weighted by atomic mass is 16.5. The zero-order valence-corrected chi connectivity index (χ0v) is 8.49. The Balaban J connectivity index is 2.87. The van der Waals surface area contributed by atoms with Crippen LogP contribution in [0.3, 0.4) is 0 Å². The van der Waals surface area contributed by atoms with Crippen LogP contribution in [-0.2, 0) is 4.74 Å². The fourth-order valence-corrected chi connectivity index (χ4v) is 1.08. The van der Waals surface area contributed by atoms with Crippen molar-refractivity contribution in [2.75, 3.05) is 13.2 Å². The lowest BCUT2D eigenvalue weighted by molar-refractivity contribution is 0.0526. The smallest absolute Gasteiger partial charge is 0.338 e. The number of esters is 1. The van der Waals surface area contributed by atoms with E-state index in [-0.39, 0.29) is 12.6 Å². The van der Waals surface area contributed by atoms with Crippen LogP contribution in [0.25, 0.3) is 0 Å². The van der Waals surface area contributed by atoms with Gasteiger partial charge >= 0.3 is 5.97 Å². The Bertz CT molecular complexity index is 399. The number of aliphatic hydroxyl groups excluding tert-OH is 1. The molecular weight excluding hydrogens is 192 g/mol. The van der Waals surface area contributed by atoms with E-state index in [1.54, 1.807) is 31.2 Å². The molecule has 0 aliphatic rings. The van der Waals surface area contributed by atoms with Crippen molar-refractivity contribution >= 4 is 5.97 Å². The maximum Gasteiger partial charge on any atom is 0.338 e. The zero-order chi connectivity index (χ0) is 11.1. The summed E-state index contributed by atoms with van der Waals surface area (Å²) in [4.78, 5) is 11.4. The highest BCUT2D eigenvalue weighted by molar-refractivity contribution is 5.89. The van der Waals surface area contributed by atoms with E-state index in [0.29, 0.717) is 17.7 Å². The van der Waals surface area contributed by atoms with Gasteiger partial charge in [-0.25, -0.2) is 4.79 Å². The molecule has 0 fully saturated rings. The molecule has 0 saturated carbocycles. The van der Waals surface area contributed by atoms with Gasteiger partial charge in [-0.3, -0.25) is 0 Å². The normalized spacial score (nSPS) is 8.93. The molecule has 3 nitrogen and oxygen atoms in total. The summed E-state index contributed by atoms with van der Waals surface area (Å²) < 4.78 is 4.85. The van der Waals surface area contributed by atoms with Crippen molar-refractivity contribution in [1.29, 1.82) is 0 Å². The summed E-state index contributed by atoms with van der Waals surface area (Å²) in [6.07, 6.45) is 0. The van der Waals surface area contributed by atoms with E-state index in [9.17, 15) is 4.79 Å². The molecule has 0 bridgehead atoms. The standard InChI is InChI=1S/C12H12O3/c1-2-15-12(14)11-7-3-5-10(9-11)6-4-8-13/h3,5,7,9,13H,2,8H2,1H3. The first-order valence-electron chi connectivity index (χ1n) is 4.65. The van der Waals surface area contributed by atoms with Gasteiger partial charge in [0.15, 0.2) is 0 Å². The minimum Gasteiger partial charge on any atom is -0.462 e. The highest BCUT2D eigenvalue weighted by Crippen LogP contribution is 2.05. The molecule has 0 aromatic heterocycles. The van der Waals surface area contributed by atoms with E-state index in [2.05, 4.69) is 11.8 Å². The Morgan fingerprint density at radius 1 is 1.53 bits per heavy atom. The average molecular weight is 204 g/mol. The SMILES string of the molecule is CCOC(=O)c1cccc(C#CCO)c1. The van der Waals surface area contributed by atoms with Crippen LogP contribution < -0.4 is 0 Å². The van der Waals surface area contributed by atoms with E-state index in [1.807, 2.05) is 0 Å².